The molecule has 0 amide bonds. The molecule has 0 saturated carbocycles. The highest BCUT2D eigenvalue weighted by Crippen LogP contribution is 1.93. The van der Waals surface area contributed by atoms with Crippen molar-refractivity contribution < 1.29 is 14.6 Å². The lowest BCUT2D eigenvalue weighted by molar-refractivity contribution is -0.00557. The van der Waals surface area contributed by atoms with Crippen molar-refractivity contribution in [3.8, 4) is 0 Å². The third-order valence-electron chi connectivity index (χ3n) is 1.61. The van der Waals surface area contributed by atoms with Gasteiger partial charge in [-0.1, -0.05) is 0 Å². The third kappa shape index (κ3) is 5.49. The average Bonchev–Trinajstić information content (AvgIpc) is 2.07. The van der Waals surface area contributed by atoms with Crippen LogP contribution in [0.5, 0.6) is 0 Å². The van der Waals surface area contributed by atoms with Gasteiger partial charge in [-0.05, 0) is 14.0 Å². The molecule has 0 heterocycles. The number of ether oxygens (including phenoxy) is 2. The summed E-state index contributed by atoms with van der Waals surface area (Å²) in [6, 6.07) is 0.0179. The molecule has 0 aliphatic carbocycles. The number of likely N-dealkylation sites (N-methyl/N-ethyl adjacent to an activating group) is 1. The minimum atomic E-state index is 0.0179. The van der Waals surface area contributed by atoms with E-state index in [1.54, 1.807) is 14.2 Å². The minimum Gasteiger partial charge on any atom is -0.395 e. The summed E-state index contributed by atoms with van der Waals surface area (Å²) in [7, 11) is 3.44. The van der Waals surface area contributed by atoms with Gasteiger partial charge in [-0.2, -0.15) is 0 Å². The highest BCUT2D eigenvalue weighted by Gasteiger charge is 2.07. The van der Waals surface area contributed by atoms with Gasteiger partial charge in [0.1, 0.15) is 0 Å². The molecule has 0 aliphatic heterocycles. The Kier molecular flexibility index (Phi) is 7.39. The summed E-state index contributed by atoms with van der Waals surface area (Å²) in [5.41, 5.74) is 0. The Morgan fingerprint density at radius 1 is 1.42 bits per heavy atom. The topological polar surface area (TPSA) is 50.7 Å². The van der Waals surface area contributed by atoms with Gasteiger partial charge in [0.05, 0.1) is 32.0 Å². The van der Waals surface area contributed by atoms with Crippen LogP contribution in [0.2, 0.25) is 0 Å². The summed E-state index contributed by atoms with van der Waals surface area (Å²) in [4.78, 5) is 0. The average molecular weight is 177 g/mol. The first kappa shape index (κ1) is 11.8. The summed E-state index contributed by atoms with van der Waals surface area (Å²) in [6.45, 7) is 3.13. The molecule has 12 heavy (non-hydrogen) atoms. The van der Waals surface area contributed by atoms with Crippen LogP contribution in [0, 0.1) is 0 Å². The van der Waals surface area contributed by atoms with Crippen LogP contribution in [-0.4, -0.2) is 51.2 Å². The van der Waals surface area contributed by atoms with Crippen LogP contribution < -0.4 is 5.32 Å². The van der Waals surface area contributed by atoms with Crippen molar-refractivity contribution in [3.05, 3.63) is 0 Å². The number of rotatable bonds is 7. The van der Waals surface area contributed by atoms with E-state index in [-0.39, 0.29) is 18.8 Å². The van der Waals surface area contributed by atoms with Gasteiger partial charge in [0.25, 0.3) is 0 Å². The first-order chi connectivity index (χ1) is 5.74. The lowest BCUT2D eigenvalue weighted by atomic mass is 10.3. The molecule has 0 bridgehead atoms. The Balaban J connectivity index is 3.37. The molecule has 0 aromatic heterocycles. The molecule has 2 N–H and O–H groups in total. The second-order valence-electron chi connectivity index (χ2n) is 2.77. The second-order valence-corrected chi connectivity index (χ2v) is 2.77. The lowest BCUT2D eigenvalue weighted by Gasteiger charge is -2.17. The molecule has 0 aromatic rings. The summed E-state index contributed by atoms with van der Waals surface area (Å²) in [6.07, 6.45) is 0.0809. The van der Waals surface area contributed by atoms with E-state index in [2.05, 4.69) is 5.32 Å². The maximum atomic E-state index is 8.80. The van der Waals surface area contributed by atoms with Crippen molar-refractivity contribution in [2.24, 2.45) is 0 Å². The molecule has 0 aromatic carbocycles. The number of hydrogen-bond acceptors (Lipinski definition) is 4. The smallest absolute Gasteiger partial charge is 0.0781 e. The van der Waals surface area contributed by atoms with Crippen LogP contribution in [0.1, 0.15) is 6.92 Å². The van der Waals surface area contributed by atoms with Gasteiger partial charge in [0.15, 0.2) is 0 Å². The fourth-order valence-corrected chi connectivity index (χ4v) is 0.791. The fourth-order valence-electron chi connectivity index (χ4n) is 0.791. The zero-order valence-corrected chi connectivity index (χ0v) is 8.04. The quantitative estimate of drug-likeness (QED) is 0.556. The van der Waals surface area contributed by atoms with E-state index in [0.717, 1.165) is 0 Å². The first-order valence-corrected chi connectivity index (χ1v) is 4.13. The number of nitrogens with one attached hydrogen (secondary N) is 1. The van der Waals surface area contributed by atoms with Crippen LogP contribution in [0.3, 0.4) is 0 Å². The summed E-state index contributed by atoms with van der Waals surface area (Å²) in [5.74, 6) is 0. The second kappa shape index (κ2) is 7.49. The summed E-state index contributed by atoms with van der Waals surface area (Å²) >= 11 is 0. The van der Waals surface area contributed by atoms with Crippen LogP contribution in [0.4, 0.5) is 0 Å². The van der Waals surface area contributed by atoms with Gasteiger partial charge in [-0.15, -0.1) is 0 Å². The van der Waals surface area contributed by atoms with Crippen LogP contribution >= 0.6 is 0 Å². The van der Waals surface area contributed by atoms with Gasteiger partial charge in [-0.3, -0.25) is 0 Å². The molecule has 2 unspecified atom stereocenters. The van der Waals surface area contributed by atoms with E-state index in [1.165, 1.54) is 0 Å². The first-order valence-electron chi connectivity index (χ1n) is 4.13. The van der Waals surface area contributed by atoms with Gasteiger partial charge < -0.3 is 19.9 Å². The zero-order valence-electron chi connectivity index (χ0n) is 8.04. The molecule has 74 valence electrons. The lowest BCUT2D eigenvalue weighted by Crippen LogP contribution is -2.35. The van der Waals surface area contributed by atoms with Gasteiger partial charge >= 0.3 is 0 Å². The van der Waals surface area contributed by atoms with Crippen LogP contribution in [0.15, 0.2) is 0 Å². The van der Waals surface area contributed by atoms with Gasteiger partial charge in [-0.25, -0.2) is 0 Å². The third-order valence-corrected chi connectivity index (χ3v) is 1.61. The molecule has 4 nitrogen and oxygen atoms in total. The Bertz CT molecular complexity index is 96.3. The summed E-state index contributed by atoms with van der Waals surface area (Å²) in [5, 5.41) is 11.7. The molecule has 0 rings (SSSR count). The molecule has 0 radical (unpaired) electrons. The molecule has 0 saturated heterocycles. The molecule has 0 spiro atoms. The summed E-state index contributed by atoms with van der Waals surface area (Å²) < 4.78 is 10.3. The largest absolute Gasteiger partial charge is 0.395 e. The van der Waals surface area contributed by atoms with E-state index >= 15 is 0 Å². The van der Waals surface area contributed by atoms with Crippen molar-refractivity contribution >= 4 is 0 Å². The van der Waals surface area contributed by atoms with E-state index in [9.17, 15) is 0 Å². The van der Waals surface area contributed by atoms with E-state index < -0.39 is 0 Å². The number of aliphatic hydroxyl groups excluding tert-OH is 1. The predicted molar refractivity (Wildman–Crippen MR) is 47.2 cm³/mol. The van der Waals surface area contributed by atoms with Gasteiger partial charge in [0, 0.05) is 7.11 Å². The normalized spacial score (nSPS) is 16.0. The van der Waals surface area contributed by atoms with Crippen LogP contribution in [0.25, 0.3) is 0 Å². The zero-order chi connectivity index (χ0) is 9.40. The minimum absolute atomic E-state index is 0.0179. The fraction of sp³-hybridized carbons (Fsp3) is 1.00. The number of hydrogen-bond donors (Lipinski definition) is 2. The van der Waals surface area contributed by atoms with Crippen molar-refractivity contribution in [1.82, 2.24) is 5.32 Å². The highest BCUT2D eigenvalue weighted by atomic mass is 16.5. The molecular formula is C8H19NO3. The van der Waals surface area contributed by atoms with Crippen molar-refractivity contribution in [2.75, 3.05) is 34.0 Å². The molecular weight excluding hydrogens is 158 g/mol. The maximum absolute atomic E-state index is 8.80. The van der Waals surface area contributed by atoms with Crippen molar-refractivity contribution in [2.45, 2.75) is 19.1 Å². The molecule has 4 heteroatoms. The Labute approximate surface area is 73.9 Å². The van der Waals surface area contributed by atoms with E-state index in [4.69, 9.17) is 14.6 Å². The number of methoxy groups -OCH3 is 1. The Hall–Kier alpha value is -0.160. The standard InChI is InChI=1S/C8H19NO3/c1-7(5-11-3)12-6-8(4-10)9-2/h7-10H,4-6H2,1-3H3. The molecule has 0 aliphatic rings. The molecule has 2 atom stereocenters. The highest BCUT2D eigenvalue weighted by molar-refractivity contribution is 4.61. The van der Waals surface area contributed by atoms with Crippen molar-refractivity contribution in [1.29, 1.82) is 0 Å². The molecule has 0 fully saturated rings. The van der Waals surface area contributed by atoms with Gasteiger partial charge in [0.2, 0.25) is 0 Å². The maximum Gasteiger partial charge on any atom is 0.0781 e. The monoisotopic (exact) mass is 177 g/mol. The van der Waals surface area contributed by atoms with Crippen LogP contribution in [-0.2, 0) is 9.47 Å². The van der Waals surface area contributed by atoms with E-state index in [1.807, 2.05) is 6.92 Å². The Morgan fingerprint density at radius 3 is 2.50 bits per heavy atom. The SMILES string of the molecule is CNC(CO)COC(C)COC. The Morgan fingerprint density at radius 2 is 2.08 bits per heavy atom. The predicted octanol–water partition coefficient (Wildman–Crippen LogP) is -0.382. The van der Waals surface area contributed by atoms with Crippen molar-refractivity contribution in [3.63, 3.8) is 0 Å². The van der Waals surface area contributed by atoms with E-state index in [0.29, 0.717) is 13.2 Å². The number of aliphatic hydroxyl groups is 1.